The second-order valence-electron chi connectivity index (χ2n) is 4.26. The van der Waals surface area contributed by atoms with Gasteiger partial charge in [0.2, 0.25) is 0 Å². The van der Waals surface area contributed by atoms with Crippen LogP contribution in [-0.2, 0) is 11.3 Å². The fourth-order valence-electron chi connectivity index (χ4n) is 1.90. The fraction of sp³-hybridized carbons (Fsp3) is 0.538. The Kier molecular flexibility index (Phi) is 5.26. The van der Waals surface area contributed by atoms with Crippen molar-refractivity contribution in [3.05, 3.63) is 28.8 Å². The molecule has 0 bridgehead atoms. The Bertz CT molecular complexity index is 381. The number of rotatable bonds is 5. The van der Waals surface area contributed by atoms with E-state index in [4.69, 9.17) is 26.8 Å². The average Bonchev–Trinajstić information content (AvgIpc) is 2.40. The van der Waals surface area contributed by atoms with E-state index in [2.05, 4.69) is 4.90 Å². The highest BCUT2D eigenvalue weighted by Crippen LogP contribution is 2.22. The highest BCUT2D eigenvalue weighted by atomic mass is 35.5. The number of hydrogen-bond acceptors (Lipinski definition) is 4. The smallest absolute Gasteiger partial charge is 0.120 e. The molecule has 1 aromatic carbocycles. The first kappa shape index (κ1) is 13.6. The van der Waals surface area contributed by atoms with Crippen LogP contribution in [-0.4, -0.2) is 44.4 Å². The van der Waals surface area contributed by atoms with Crippen LogP contribution in [0.3, 0.4) is 0 Å². The zero-order valence-electron chi connectivity index (χ0n) is 10.4. The molecule has 0 aromatic heterocycles. The summed E-state index contributed by atoms with van der Waals surface area (Å²) in [5.74, 6) is 0.797. The topological polar surface area (TPSA) is 47.7 Å². The molecule has 1 aliphatic rings. The summed E-state index contributed by atoms with van der Waals surface area (Å²) in [5, 5.41) is 0.668. The van der Waals surface area contributed by atoms with Gasteiger partial charge in [-0.3, -0.25) is 4.90 Å². The van der Waals surface area contributed by atoms with E-state index in [1.165, 1.54) is 0 Å². The van der Waals surface area contributed by atoms with E-state index in [-0.39, 0.29) is 0 Å². The molecule has 1 aliphatic heterocycles. The highest BCUT2D eigenvalue weighted by molar-refractivity contribution is 6.31. The number of halogens is 1. The summed E-state index contributed by atoms with van der Waals surface area (Å²) in [6, 6.07) is 5.64. The Hall–Kier alpha value is -0.810. The Balaban J connectivity index is 1.77. The SMILES string of the molecule is NCc1ccc(OCCN2CCOCC2)cc1Cl. The van der Waals surface area contributed by atoms with Crippen molar-refractivity contribution in [3.63, 3.8) is 0 Å². The van der Waals surface area contributed by atoms with Gasteiger partial charge >= 0.3 is 0 Å². The van der Waals surface area contributed by atoms with E-state index < -0.39 is 0 Å². The minimum atomic E-state index is 0.451. The van der Waals surface area contributed by atoms with Crippen LogP contribution in [0.1, 0.15) is 5.56 Å². The first-order chi connectivity index (χ1) is 8.79. The molecular formula is C13H19ClN2O2. The molecule has 0 unspecified atom stereocenters. The van der Waals surface area contributed by atoms with Gasteiger partial charge in [-0.05, 0) is 17.7 Å². The van der Waals surface area contributed by atoms with Gasteiger partial charge in [-0.15, -0.1) is 0 Å². The maximum atomic E-state index is 6.07. The van der Waals surface area contributed by atoms with Crippen LogP contribution in [0.25, 0.3) is 0 Å². The second kappa shape index (κ2) is 6.95. The summed E-state index contributed by atoms with van der Waals surface area (Å²) >= 11 is 6.07. The number of ether oxygens (including phenoxy) is 2. The van der Waals surface area contributed by atoms with Gasteiger partial charge < -0.3 is 15.2 Å². The van der Waals surface area contributed by atoms with Crippen LogP contribution in [0.5, 0.6) is 5.75 Å². The summed E-state index contributed by atoms with van der Waals surface area (Å²) in [4.78, 5) is 2.33. The number of nitrogens with two attached hydrogens (primary N) is 1. The molecule has 5 heteroatoms. The third kappa shape index (κ3) is 3.85. The molecule has 0 spiro atoms. The van der Waals surface area contributed by atoms with Crippen LogP contribution in [0.2, 0.25) is 5.02 Å². The molecule has 0 aliphatic carbocycles. The molecule has 0 amide bonds. The molecule has 1 fully saturated rings. The Morgan fingerprint density at radius 3 is 2.78 bits per heavy atom. The Labute approximate surface area is 113 Å². The zero-order valence-corrected chi connectivity index (χ0v) is 11.2. The zero-order chi connectivity index (χ0) is 12.8. The molecule has 1 saturated heterocycles. The van der Waals surface area contributed by atoms with Gasteiger partial charge in [0.15, 0.2) is 0 Å². The van der Waals surface area contributed by atoms with Crippen molar-refractivity contribution in [1.29, 1.82) is 0 Å². The molecular weight excluding hydrogens is 252 g/mol. The lowest BCUT2D eigenvalue weighted by Gasteiger charge is -2.26. The van der Waals surface area contributed by atoms with Gasteiger partial charge in [0.25, 0.3) is 0 Å². The van der Waals surface area contributed by atoms with Gasteiger partial charge in [0.1, 0.15) is 12.4 Å². The van der Waals surface area contributed by atoms with E-state index in [1.54, 1.807) is 0 Å². The van der Waals surface area contributed by atoms with Gasteiger partial charge in [0, 0.05) is 31.2 Å². The van der Waals surface area contributed by atoms with Crippen molar-refractivity contribution in [1.82, 2.24) is 4.90 Å². The van der Waals surface area contributed by atoms with Crippen molar-refractivity contribution >= 4 is 11.6 Å². The van der Waals surface area contributed by atoms with Crippen LogP contribution >= 0.6 is 11.6 Å². The van der Waals surface area contributed by atoms with Crippen molar-refractivity contribution in [2.24, 2.45) is 5.73 Å². The first-order valence-corrected chi connectivity index (χ1v) is 6.59. The van der Waals surface area contributed by atoms with Crippen LogP contribution in [0, 0.1) is 0 Å². The fourth-order valence-corrected chi connectivity index (χ4v) is 2.15. The third-order valence-corrected chi connectivity index (χ3v) is 3.38. The average molecular weight is 271 g/mol. The molecule has 2 rings (SSSR count). The summed E-state index contributed by atoms with van der Waals surface area (Å²) in [6.07, 6.45) is 0. The lowest BCUT2D eigenvalue weighted by molar-refractivity contribution is 0.0322. The first-order valence-electron chi connectivity index (χ1n) is 6.21. The minimum absolute atomic E-state index is 0.451. The normalized spacial score (nSPS) is 16.8. The molecule has 1 heterocycles. The summed E-state index contributed by atoms with van der Waals surface area (Å²) in [6.45, 7) is 5.63. The predicted octanol–water partition coefficient (Wildman–Crippen LogP) is 1.51. The molecule has 2 N–H and O–H groups in total. The van der Waals surface area contributed by atoms with Crippen molar-refractivity contribution < 1.29 is 9.47 Å². The van der Waals surface area contributed by atoms with E-state index in [9.17, 15) is 0 Å². The van der Waals surface area contributed by atoms with E-state index in [0.717, 1.165) is 44.2 Å². The molecule has 1 aromatic rings. The quantitative estimate of drug-likeness (QED) is 0.881. The van der Waals surface area contributed by atoms with Crippen molar-refractivity contribution in [2.45, 2.75) is 6.54 Å². The van der Waals surface area contributed by atoms with Gasteiger partial charge in [-0.1, -0.05) is 17.7 Å². The molecule has 4 nitrogen and oxygen atoms in total. The van der Waals surface area contributed by atoms with Crippen LogP contribution in [0.15, 0.2) is 18.2 Å². The summed E-state index contributed by atoms with van der Waals surface area (Å²) < 4.78 is 11.0. The molecule has 18 heavy (non-hydrogen) atoms. The monoisotopic (exact) mass is 270 g/mol. The summed E-state index contributed by atoms with van der Waals surface area (Å²) in [5.41, 5.74) is 6.50. The van der Waals surface area contributed by atoms with Gasteiger partial charge in [-0.25, -0.2) is 0 Å². The lowest BCUT2D eigenvalue weighted by Crippen LogP contribution is -2.38. The Morgan fingerprint density at radius 2 is 2.11 bits per heavy atom. The van der Waals surface area contributed by atoms with E-state index in [1.807, 2.05) is 18.2 Å². The summed E-state index contributed by atoms with van der Waals surface area (Å²) in [7, 11) is 0. The van der Waals surface area contributed by atoms with E-state index in [0.29, 0.717) is 18.2 Å². The standard InChI is InChI=1S/C13H19ClN2O2/c14-13-9-12(2-1-11(13)10-15)18-8-5-16-3-6-17-7-4-16/h1-2,9H,3-8,10,15H2. The predicted molar refractivity (Wildman–Crippen MR) is 72.1 cm³/mol. The number of hydrogen-bond donors (Lipinski definition) is 1. The lowest BCUT2D eigenvalue weighted by atomic mass is 10.2. The molecule has 0 atom stereocenters. The number of nitrogens with zero attached hydrogens (tertiary/aromatic N) is 1. The Morgan fingerprint density at radius 1 is 1.33 bits per heavy atom. The van der Waals surface area contributed by atoms with Crippen LogP contribution in [0.4, 0.5) is 0 Å². The van der Waals surface area contributed by atoms with Crippen molar-refractivity contribution in [3.8, 4) is 5.75 Å². The largest absolute Gasteiger partial charge is 0.492 e. The maximum absolute atomic E-state index is 6.07. The second-order valence-corrected chi connectivity index (χ2v) is 4.67. The minimum Gasteiger partial charge on any atom is -0.492 e. The number of benzene rings is 1. The third-order valence-electron chi connectivity index (χ3n) is 3.02. The van der Waals surface area contributed by atoms with Gasteiger partial charge in [0.05, 0.1) is 13.2 Å². The van der Waals surface area contributed by atoms with Crippen molar-refractivity contribution in [2.75, 3.05) is 39.5 Å². The van der Waals surface area contributed by atoms with Crippen LogP contribution < -0.4 is 10.5 Å². The molecule has 0 radical (unpaired) electrons. The molecule has 0 saturated carbocycles. The van der Waals surface area contributed by atoms with Gasteiger partial charge in [-0.2, -0.15) is 0 Å². The number of morpholine rings is 1. The van der Waals surface area contributed by atoms with E-state index >= 15 is 0 Å². The molecule has 100 valence electrons. The highest BCUT2D eigenvalue weighted by Gasteiger charge is 2.09. The maximum Gasteiger partial charge on any atom is 0.120 e.